The number of anilines is 1. The number of rotatable bonds is 8. The van der Waals surface area contributed by atoms with Gasteiger partial charge >= 0.3 is 0 Å². The van der Waals surface area contributed by atoms with Gasteiger partial charge in [-0.1, -0.05) is 38.7 Å². The van der Waals surface area contributed by atoms with Crippen LogP contribution in [0.5, 0.6) is 0 Å². The minimum atomic E-state index is -0.0871. The molecule has 0 radical (unpaired) electrons. The molecular weight excluding hydrogens is 302 g/mol. The second-order valence-electron chi connectivity index (χ2n) is 6.47. The van der Waals surface area contributed by atoms with Crippen molar-refractivity contribution in [2.24, 2.45) is 0 Å². The van der Waals surface area contributed by atoms with Gasteiger partial charge in [0.15, 0.2) is 0 Å². The lowest BCUT2D eigenvalue weighted by molar-refractivity contribution is -0.115. The minimum Gasteiger partial charge on any atom is -0.349 e. The molecule has 0 heterocycles. The first-order valence-corrected chi connectivity index (χ1v) is 9.10. The number of nitrogens with one attached hydrogen (secondary N) is 3. The largest absolute Gasteiger partial charge is 0.349 e. The Morgan fingerprint density at radius 3 is 2.71 bits per heavy atom. The van der Waals surface area contributed by atoms with Gasteiger partial charge in [-0.15, -0.1) is 0 Å². The number of amides is 2. The molecule has 0 aromatic heterocycles. The van der Waals surface area contributed by atoms with Crippen molar-refractivity contribution in [2.45, 2.75) is 57.9 Å². The molecule has 132 valence electrons. The van der Waals surface area contributed by atoms with Gasteiger partial charge in [-0.2, -0.15) is 0 Å². The van der Waals surface area contributed by atoms with E-state index in [4.69, 9.17) is 0 Å². The number of carbonyl (C=O) groups is 2. The summed E-state index contributed by atoms with van der Waals surface area (Å²) in [6.45, 7) is 3.25. The zero-order valence-electron chi connectivity index (χ0n) is 14.6. The van der Waals surface area contributed by atoms with Crippen LogP contribution in [0.1, 0.15) is 62.2 Å². The molecule has 2 amide bonds. The Morgan fingerprint density at radius 1 is 1.17 bits per heavy atom. The zero-order chi connectivity index (χ0) is 17.2. The molecule has 0 spiro atoms. The third-order valence-electron chi connectivity index (χ3n) is 4.34. The monoisotopic (exact) mass is 331 g/mol. The van der Waals surface area contributed by atoms with Gasteiger partial charge in [-0.3, -0.25) is 9.59 Å². The molecule has 1 aromatic rings. The molecule has 0 aliphatic heterocycles. The summed E-state index contributed by atoms with van der Waals surface area (Å²) < 4.78 is 0. The van der Waals surface area contributed by atoms with E-state index >= 15 is 0 Å². The van der Waals surface area contributed by atoms with Crippen molar-refractivity contribution in [3.8, 4) is 0 Å². The van der Waals surface area contributed by atoms with E-state index in [-0.39, 0.29) is 17.9 Å². The molecule has 1 aliphatic rings. The predicted octanol–water partition coefficient (Wildman–Crippen LogP) is 3.08. The lowest BCUT2D eigenvalue weighted by atomic mass is 9.95. The third kappa shape index (κ3) is 6.32. The molecule has 0 atom stereocenters. The van der Waals surface area contributed by atoms with Crippen LogP contribution in [-0.4, -0.2) is 30.9 Å². The van der Waals surface area contributed by atoms with Crippen molar-refractivity contribution in [2.75, 3.05) is 18.4 Å². The van der Waals surface area contributed by atoms with E-state index in [2.05, 4.69) is 22.9 Å². The molecule has 1 aromatic carbocycles. The Bertz CT molecular complexity index is 539. The Labute approximate surface area is 144 Å². The fourth-order valence-corrected chi connectivity index (χ4v) is 2.96. The summed E-state index contributed by atoms with van der Waals surface area (Å²) in [7, 11) is 0. The second kappa shape index (κ2) is 10.1. The van der Waals surface area contributed by atoms with Crippen LogP contribution in [0.2, 0.25) is 0 Å². The summed E-state index contributed by atoms with van der Waals surface area (Å²) in [4.78, 5) is 24.3. The highest BCUT2D eigenvalue weighted by Crippen LogP contribution is 2.18. The predicted molar refractivity (Wildman–Crippen MR) is 97.2 cm³/mol. The number of hydrogen-bond donors (Lipinski definition) is 3. The first-order chi connectivity index (χ1) is 11.7. The van der Waals surface area contributed by atoms with Crippen LogP contribution in [0.4, 0.5) is 5.69 Å². The Hall–Kier alpha value is -1.88. The summed E-state index contributed by atoms with van der Waals surface area (Å²) in [5.41, 5.74) is 1.26. The smallest absolute Gasteiger partial charge is 0.251 e. The van der Waals surface area contributed by atoms with Crippen LogP contribution >= 0.6 is 0 Å². The first-order valence-electron chi connectivity index (χ1n) is 9.10. The zero-order valence-corrected chi connectivity index (χ0v) is 14.6. The summed E-state index contributed by atoms with van der Waals surface area (Å²) in [5.74, 6) is -0.144. The maximum absolute atomic E-state index is 12.4. The molecule has 1 aliphatic carbocycles. The maximum Gasteiger partial charge on any atom is 0.251 e. The first kappa shape index (κ1) is 18.5. The van der Waals surface area contributed by atoms with Crippen LogP contribution in [0.3, 0.4) is 0 Å². The molecule has 3 N–H and O–H groups in total. The lowest BCUT2D eigenvalue weighted by Gasteiger charge is -2.22. The molecule has 0 saturated heterocycles. The van der Waals surface area contributed by atoms with Crippen LogP contribution in [0.25, 0.3) is 0 Å². The Kier molecular flexibility index (Phi) is 7.75. The fraction of sp³-hybridized carbons (Fsp3) is 0.579. The van der Waals surface area contributed by atoms with Crippen molar-refractivity contribution in [3.63, 3.8) is 0 Å². The van der Waals surface area contributed by atoms with Crippen molar-refractivity contribution >= 4 is 17.5 Å². The van der Waals surface area contributed by atoms with Crippen LogP contribution in [-0.2, 0) is 4.79 Å². The van der Waals surface area contributed by atoms with Crippen LogP contribution in [0.15, 0.2) is 24.3 Å². The number of unbranched alkanes of at least 4 members (excludes halogenated alkanes) is 1. The standard InChI is InChI=1S/C19H29N3O2/c1-2-3-12-20-14-18(23)21-17-11-7-8-15(13-17)19(24)22-16-9-5-4-6-10-16/h7-8,11,13,16,20H,2-6,9-10,12,14H2,1H3,(H,21,23)(H,22,24). The quantitative estimate of drug-likeness (QED) is 0.641. The summed E-state index contributed by atoms with van der Waals surface area (Å²) in [6.07, 6.45) is 7.92. The van der Waals surface area contributed by atoms with Gasteiger partial charge in [0, 0.05) is 17.3 Å². The molecule has 5 heteroatoms. The van der Waals surface area contributed by atoms with Gasteiger partial charge in [-0.05, 0) is 44.0 Å². The maximum atomic E-state index is 12.4. The summed E-state index contributed by atoms with van der Waals surface area (Å²) in [6, 6.07) is 7.42. The van der Waals surface area contributed by atoms with Crippen LogP contribution < -0.4 is 16.0 Å². The van der Waals surface area contributed by atoms with E-state index in [0.717, 1.165) is 32.2 Å². The van der Waals surface area contributed by atoms with E-state index < -0.39 is 0 Å². The highest BCUT2D eigenvalue weighted by atomic mass is 16.2. The van der Waals surface area contributed by atoms with Gasteiger partial charge in [0.1, 0.15) is 0 Å². The van der Waals surface area contributed by atoms with E-state index in [1.54, 1.807) is 24.3 Å². The number of benzene rings is 1. The molecule has 0 unspecified atom stereocenters. The molecule has 1 fully saturated rings. The van der Waals surface area contributed by atoms with Gasteiger partial charge in [-0.25, -0.2) is 0 Å². The Morgan fingerprint density at radius 2 is 1.96 bits per heavy atom. The SMILES string of the molecule is CCCCNCC(=O)Nc1cccc(C(=O)NC2CCCCC2)c1. The summed E-state index contributed by atoms with van der Waals surface area (Å²) >= 11 is 0. The molecule has 0 bridgehead atoms. The van der Waals surface area contributed by atoms with Gasteiger partial charge < -0.3 is 16.0 Å². The average molecular weight is 331 g/mol. The Balaban J connectivity index is 1.83. The van der Waals surface area contributed by atoms with Gasteiger partial charge in [0.05, 0.1) is 6.54 Å². The van der Waals surface area contributed by atoms with Gasteiger partial charge in [0.25, 0.3) is 5.91 Å². The van der Waals surface area contributed by atoms with Crippen molar-refractivity contribution < 1.29 is 9.59 Å². The van der Waals surface area contributed by atoms with E-state index in [9.17, 15) is 9.59 Å². The van der Waals surface area contributed by atoms with Gasteiger partial charge in [0.2, 0.25) is 5.91 Å². The average Bonchev–Trinajstić information content (AvgIpc) is 2.60. The number of carbonyl (C=O) groups excluding carboxylic acids is 2. The van der Waals surface area contributed by atoms with Crippen molar-refractivity contribution in [1.82, 2.24) is 10.6 Å². The fourth-order valence-electron chi connectivity index (χ4n) is 2.96. The van der Waals surface area contributed by atoms with Crippen molar-refractivity contribution in [1.29, 1.82) is 0 Å². The molecule has 2 rings (SSSR count). The molecule has 1 saturated carbocycles. The summed E-state index contributed by atoms with van der Waals surface area (Å²) in [5, 5.41) is 9.04. The molecular formula is C19H29N3O2. The minimum absolute atomic E-state index is 0.0564. The third-order valence-corrected chi connectivity index (χ3v) is 4.34. The molecule has 24 heavy (non-hydrogen) atoms. The topological polar surface area (TPSA) is 70.2 Å². The molecule has 5 nitrogen and oxygen atoms in total. The van der Waals surface area contributed by atoms with E-state index in [0.29, 0.717) is 17.8 Å². The highest BCUT2D eigenvalue weighted by Gasteiger charge is 2.16. The van der Waals surface area contributed by atoms with Crippen molar-refractivity contribution in [3.05, 3.63) is 29.8 Å². The normalized spacial score (nSPS) is 15.0. The van der Waals surface area contributed by atoms with E-state index in [1.165, 1.54) is 19.3 Å². The van der Waals surface area contributed by atoms with E-state index in [1.807, 2.05) is 0 Å². The lowest BCUT2D eigenvalue weighted by Crippen LogP contribution is -2.36. The number of hydrogen-bond acceptors (Lipinski definition) is 3. The van der Waals surface area contributed by atoms with Crippen LogP contribution in [0, 0.1) is 0 Å². The second-order valence-corrected chi connectivity index (χ2v) is 6.47. The highest BCUT2D eigenvalue weighted by molar-refractivity contribution is 5.97.